The summed E-state index contributed by atoms with van der Waals surface area (Å²) in [5.74, 6) is 0.958. The van der Waals surface area contributed by atoms with Gasteiger partial charge in [0.25, 0.3) is 0 Å². The summed E-state index contributed by atoms with van der Waals surface area (Å²) in [6, 6.07) is 2.96. The van der Waals surface area contributed by atoms with Crippen molar-refractivity contribution in [3.05, 3.63) is 18.5 Å². The minimum Gasteiger partial charge on any atom is -0.384 e. The van der Waals surface area contributed by atoms with E-state index in [1.54, 1.807) is 13.3 Å². The lowest BCUT2D eigenvalue weighted by molar-refractivity contribution is 0.0899. The van der Waals surface area contributed by atoms with Crippen LogP contribution in [0.25, 0.3) is 11.2 Å². The minimum absolute atomic E-state index is 0.171. The van der Waals surface area contributed by atoms with Gasteiger partial charge in [-0.3, -0.25) is 5.32 Å². The van der Waals surface area contributed by atoms with Crippen molar-refractivity contribution in [3.8, 4) is 0 Å². The maximum Gasteiger partial charge on any atom is 0.320 e. The van der Waals surface area contributed by atoms with Gasteiger partial charge in [-0.1, -0.05) is 26.1 Å². The van der Waals surface area contributed by atoms with Crippen LogP contribution in [0.2, 0.25) is 25.7 Å². The number of fused-ring (bicyclic) bond motifs is 1. The number of carbonyl (C=O) groups is 1. The number of aromatic nitrogens is 3. The van der Waals surface area contributed by atoms with Crippen molar-refractivity contribution < 1.29 is 14.3 Å². The van der Waals surface area contributed by atoms with E-state index < -0.39 is 8.07 Å². The van der Waals surface area contributed by atoms with Gasteiger partial charge in [0.05, 0.1) is 6.20 Å². The molecule has 2 heterocycles. The zero-order valence-corrected chi connectivity index (χ0v) is 19.6. The van der Waals surface area contributed by atoms with Gasteiger partial charge in [-0.25, -0.2) is 14.8 Å². The Morgan fingerprint density at radius 3 is 2.93 bits per heavy atom. The zero-order chi connectivity index (χ0) is 21.6. The molecule has 1 fully saturated rings. The molecule has 2 N–H and O–H groups in total. The highest BCUT2D eigenvalue weighted by Crippen LogP contribution is 2.24. The van der Waals surface area contributed by atoms with Gasteiger partial charge >= 0.3 is 6.03 Å². The largest absolute Gasteiger partial charge is 0.384 e. The molecule has 0 aromatic carbocycles. The molecule has 2 amide bonds. The van der Waals surface area contributed by atoms with Crippen molar-refractivity contribution in [2.45, 2.75) is 64.1 Å². The van der Waals surface area contributed by atoms with Gasteiger partial charge in [-0.05, 0) is 37.3 Å². The summed E-state index contributed by atoms with van der Waals surface area (Å²) in [5, 5.41) is 5.88. The Labute approximate surface area is 179 Å². The van der Waals surface area contributed by atoms with Crippen LogP contribution >= 0.6 is 0 Å². The molecule has 8 nitrogen and oxygen atoms in total. The van der Waals surface area contributed by atoms with Gasteiger partial charge < -0.3 is 19.4 Å². The van der Waals surface area contributed by atoms with E-state index in [-0.39, 0.29) is 12.1 Å². The highest BCUT2D eigenvalue weighted by molar-refractivity contribution is 6.76. The Kier molecular flexibility index (Phi) is 7.85. The van der Waals surface area contributed by atoms with Crippen molar-refractivity contribution >= 4 is 31.1 Å². The summed E-state index contributed by atoms with van der Waals surface area (Å²) in [4.78, 5) is 21.4. The number of rotatable bonds is 9. The van der Waals surface area contributed by atoms with Crippen LogP contribution in [0.1, 0.15) is 25.7 Å². The van der Waals surface area contributed by atoms with Crippen LogP contribution in [0.5, 0.6) is 0 Å². The van der Waals surface area contributed by atoms with E-state index >= 15 is 0 Å². The molecule has 9 heteroatoms. The standard InChI is InChI=1S/C21H35N5O3Si/c1-28-14-16-6-5-7-17(12-16)23-21(27)25-19-13-22-20-18(24-19)8-9-26(20)15-29-10-11-30(2,3)4/h8-9,13,16-17H,5-7,10-12,14-15H2,1-4H3,(H2,23,24,25,27)/t16-,17-/m1/s1. The number of hydrogen-bond donors (Lipinski definition) is 2. The average Bonchev–Trinajstić information content (AvgIpc) is 3.07. The van der Waals surface area contributed by atoms with Crippen LogP contribution in [-0.2, 0) is 16.2 Å². The second-order valence-corrected chi connectivity index (χ2v) is 15.0. The quantitative estimate of drug-likeness (QED) is 0.459. The van der Waals surface area contributed by atoms with Crippen molar-refractivity contribution in [2.75, 3.05) is 25.6 Å². The number of amides is 2. The third kappa shape index (κ3) is 6.78. The molecule has 1 saturated carbocycles. The first-order chi connectivity index (χ1) is 14.3. The molecule has 2 atom stereocenters. The number of methoxy groups -OCH3 is 1. The lowest BCUT2D eigenvalue weighted by atomic mass is 9.86. The molecule has 0 saturated heterocycles. The molecule has 166 valence electrons. The van der Waals surface area contributed by atoms with Crippen LogP contribution in [0.4, 0.5) is 10.6 Å². The number of anilines is 1. The molecular formula is C21H35N5O3Si. The third-order valence-corrected chi connectivity index (χ3v) is 7.16. The predicted molar refractivity (Wildman–Crippen MR) is 121 cm³/mol. The molecule has 0 bridgehead atoms. The lowest BCUT2D eigenvalue weighted by Gasteiger charge is -2.29. The maximum atomic E-state index is 12.4. The van der Waals surface area contributed by atoms with Crippen molar-refractivity contribution in [1.29, 1.82) is 0 Å². The molecule has 0 unspecified atom stereocenters. The molecule has 1 aliphatic rings. The molecule has 0 spiro atoms. The van der Waals surface area contributed by atoms with Gasteiger partial charge in [0.15, 0.2) is 11.5 Å². The molecule has 0 radical (unpaired) electrons. The molecule has 30 heavy (non-hydrogen) atoms. The molecule has 2 aromatic heterocycles. The molecule has 2 aromatic rings. The maximum absolute atomic E-state index is 12.4. The van der Waals surface area contributed by atoms with Crippen LogP contribution in [-0.4, -0.2) is 55.0 Å². The van der Waals surface area contributed by atoms with Gasteiger partial charge in [0.1, 0.15) is 12.2 Å². The second-order valence-electron chi connectivity index (χ2n) is 9.38. The summed E-state index contributed by atoms with van der Waals surface area (Å²) in [6.45, 7) is 8.98. The SMILES string of the molecule is COC[C@@H]1CCC[C@@H](NC(=O)Nc2cnc3c(ccn3COCC[Si](C)(C)C)n2)C1. The Morgan fingerprint density at radius 2 is 2.17 bits per heavy atom. The Balaban J connectivity index is 1.51. The molecule has 0 aliphatic heterocycles. The number of nitrogens with one attached hydrogen (secondary N) is 2. The first-order valence-electron chi connectivity index (χ1n) is 10.8. The highest BCUT2D eigenvalue weighted by Gasteiger charge is 2.23. The van der Waals surface area contributed by atoms with Gasteiger partial charge in [0, 0.05) is 40.6 Å². The topological polar surface area (TPSA) is 90.3 Å². The fraction of sp³-hybridized carbons (Fsp3) is 0.667. The Bertz CT molecular complexity index is 834. The van der Waals surface area contributed by atoms with Crippen LogP contribution in [0, 0.1) is 5.92 Å². The summed E-state index contributed by atoms with van der Waals surface area (Å²) in [6.07, 6.45) is 7.73. The van der Waals surface area contributed by atoms with Crippen LogP contribution < -0.4 is 10.6 Å². The van der Waals surface area contributed by atoms with Gasteiger partial charge in [-0.15, -0.1) is 0 Å². The zero-order valence-electron chi connectivity index (χ0n) is 18.6. The van der Waals surface area contributed by atoms with E-state index in [0.717, 1.165) is 56.1 Å². The second kappa shape index (κ2) is 10.4. The van der Waals surface area contributed by atoms with E-state index in [0.29, 0.717) is 18.5 Å². The van der Waals surface area contributed by atoms with E-state index in [9.17, 15) is 4.79 Å². The van der Waals surface area contributed by atoms with Crippen molar-refractivity contribution in [1.82, 2.24) is 19.9 Å². The van der Waals surface area contributed by atoms with E-state index in [4.69, 9.17) is 9.47 Å². The lowest BCUT2D eigenvalue weighted by Crippen LogP contribution is -2.41. The number of hydrogen-bond acceptors (Lipinski definition) is 5. The Morgan fingerprint density at radius 1 is 1.33 bits per heavy atom. The number of carbonyl (C=O) groups excluding carboxylic acids is 1. The third-order valence-electron chi connectivity index (χ3n) is 5.45. The fourth-order valence-electron chi connectivity index (χ4n) is 3.81. The van der Waals surface area contributed by atoms with E-state index in [1.165, 1.54) is 0 Å². The first kappa shape index (κ1) is 22.7. The van der Waals surface area contributed by atoms with Gasteiger partial charge in [-0.2, -0.15) is 0 Å². The molecule has 1 aliphatic carbocycles. The normalized spacial score (nSPS) is 19.7. The number of urea groups is 1. The minimum atomic E-state index is -1.10. The summed E-state index contributed by atoms with van der Waals surface area (Å²) in [7, 11) is 0.632. The monoisotopic (exact) mass is 433 g/mol. The van der Waals surface area contributed by atoms with Gasteiger partial charge in [0.2, 0.25) is 0 Å². The average molecular weight is 434 g/mol. The summed E-state index contributed by atoms with van der Waals surface area (Å²) < 4.78 is 13.0. The molecular weight excluding hydrogens is 398 g/mol. The highest BCUT2D eigenvalue weighted by atomic mass is 28.3. The number of nitrogens with zero attached hydrogens (tertiary/aromatic N) is 3. The predicted octanol–water partition coefficient (Wildman–Crippen LogP) is 4.07. The first-order valence-corrected chi connectivity index (χ1v) is 14.5. The summed E-state index contributed by atoms with van der Waals surface area (Å²) >= 11 is 0. The van der Waals surface area contributed by atoms with Crippen molar-refractivity contribution in [3.63, 3.8) is 0 Å². The fourth-order valence-corrected chi connectivity index (χ4v) is 4.57. The van der Waals surface area contributed by atoms with E-state index in [1.807, 2.05) is 16.8 Å². The van der Waals surface area contributed by atoms with E-state index in [2.05, 4.69) is 40.2 Å². The number of ether oxygens (including phenoxy) is 2. The Hall–Kier alpha value is -1.97. The van der Waals surface area contributed by atoms with Crippen LogP contribution in [0.3, 0.4) is 0 Å². The molecule has 3 rings (SSSR count). The summed E-state index contributed by atoms with van der Waals surface area (Å²) in [5.41, 5.74) is 1.49. The smallest absolute Gasteiger partial charge is 0.320 e. The van der Waals surface area contributed by atoms with Crippen molar-refractivity contribution in [2.24, 2.45) is 5.92 Å². The van der Waals surface area contributed by atoms with Crippen LogP contribution in [0.15, 0.2) is 18.5 Å².